The van der Waals surface area contributed by atoms with Crippen molar-refractivity contribution in [3.05, 3.63) is 83.4 Å². The van der Waals surface area contributed by atoms with E-state index in [2.05, 4.69) is 15.6 Å². The van der Waals surface area contributed by atoms with E-state index in [9.17, 15) is 13.2 Å². The average molecular weight is 533 g/mol. The maximum absolute atomic E-state index is 13.5. The standard InChI is InChI=1S/C28H28N4O5S/c1-19-3-5-21(6-4-19)7-12-26-27(20(2)31-37-26)38(34,35)32-17-14-23(15-18-32)28(33)30-24-10-8-22(9-11-24)25-13-16-29-36-25/h3-13,16,23H,14-15,17-18H2,1-2H3,(H,30,33). The molecular formula is C28H28N4O5S. The molecule has 0 unspecified atom stereocenters. The van der Waals surface area contributed by atoms with Gasteiger partial charge in [0.2, 0.25) is 15.9 Å². The lowest BCUT2D eigenvalue weighted by Gasteiger charge is -2.30. The number of hydrogen-bond donors (Lipinski definition) is 1. The summed E-state index contributed by atoms with van der Waals surface area (Å²) in [4.78, 5) is 12.9. The molecular weight excluding hydrogens is 504 g/mol. The van der Waals surface area contributed by atoms with Gasteiger partial charge in [0.25, 0.3) is 0 Å². The normalized spacial score (nSPS) is 15.2. The number of carbonyl (C=O) groups is 1. The van der Waals surface area contributed by atoms with Gasteiger partial charge in [0, 0.05) is 36.3 Å². The van der Waals surface area contributed by atoms with E-state index >= 15 is 0 Å². The summed E-state index contributed by atoms with van der Waals surface area (Å²) in [6.07, 6.45) is 5.84. The Bertz CT molecular complexity index is 1530. The predicted molar refractivity (Wildman–Crippen MR) is 143 cm³/mol. The molecule has 38 heavy (non-hydrogen) atoms. The highest BCUT2D eigenvalue weighted by Gasteiger charge is 2.36. The summed E-state index contributed by atoms with van der Waals surface area (Å²) in [5.41, 5.74) is 3.89. The Labute approximate surface area is 221 Å². The van der Waals surface area contributed by atoms with Gasteiger partial charge in [-0.15, -0.1) is 0 Å². The molecule has 10 heteroatoms. The number of hydrogen-bond acceptors (Lipinski definition) is 7. The van der Waals surface area contributed by atoms with E-state index in [1.165, 1.54) is 4.31 Å². The van der Waals surface area contributed by atoms with Crippen molar-refractivity contribution in [1.29, 1.82) is 0 Å². The molecule has 0 spiro atoms. The number of aromatic nitrogens is 2. The Morgan fingerprint density at radius 1 is 0.974 bits per heavy atom. The van der Waals surface area contributed by atoms with Crippen molar-refractivity contribution < 1.29 is 22.3 Å². The van der Waals surface area contributed by atoms with Gasteiger partial charge in [-0.3, -0.25) is 4.79 Å². The van der Waals surface area contributed by atoms with E-state index < -0.39 is 10.0 Å². The molecule has 1 aliphatic rings. The maximum atomic E-state index is 13.5. The number of sulfonamides is 1. The van der Waals surface area contributed by atoms with Crippen LogP contribution < -0.4 is 5.32 Å². The fourth-order valence-electron chi connectivity index (χ4n) is 4.46. The molecule has 1 fully saturated rings. The number of nitrogens with zero attached hydrogens (tertiary/aromatic N) is 3. The van der Waals surface area contributed by atoms with Crippen molar-refractivity contribution in [2.75, 3.05) is 18.4 Å². The van der Waals surface area contributed by atoms with Crippen molar-refractivity contribution in [1.82, 2.24) is 14.6 Å². The molecule has 1 amide bonds. The zero-order chi connectivity index (χ0) is 26.7. The first kappa shape index (κ1) is 25.6. The Hall–Kier alpha value is -4.02. The van der Waals surface area contributed by atoms with Crippen molar-refractivity contribution >= 4 is 33.8 Å². The topological polar surface area (TPSA) is 119 Å². The van der Waals surface area contributed by atoms with Crippen LogP contribution in [0.2, 0.25) is 0 Å². The zero-order valence-electron chi connectivity index (χ0n) is 21.1. The third-order valence-electron chi connectivity index (χ3n) is 6.64. The lowest BCUT2D eigenvalue weighted by Crippen LogP contribution is -2.41. The number of carbonyl (C=O) groups excluding carboxylic acids is 1. The van der Waals surface area contributed by atoms with E-state index in [4.69, 9.17) is 9.05 Å². The molecule has 9 nitrogen and oxygen atoms in total. The van der Waals surface area contributed by atoms with Crippen molar-refractivity contribution in [2.24, 2.45) is 5.92 Å². The van der Waals surface area contributed by atoms with E-state index in [1.54, 1.807) is 43.5 Å². The average Bonchev–Trinajstić information content (AvgIpc) is 3.59. The Morgan fingerprint density at radius 3 is 2.34 bits per heavy atom. The van der Waals surface area contributed by atoms with Crippen LogP contribution in [0, 0.1) is 19.8 Å². The second-order valence-electron chi connectivity index (χ2n) is 9.33. The fraction of sp³-hybridized carbons (Fsp3) is 0.250. The summed E-state index contributed by atoms with van der Waals surface area (Å²) in [6, 6.07) is 16.9. The van der Waals surface area contributed by atoms with Gasteiger partial charge in [-0.25, -0.2) is 8.42 Å². The molecule has 1 saturated heterocycles. The van der Waals surface area contributed by atoms with Crippen LogP contribution in [0.4, 0.5) is 5.69 Å². The van der Waals surface area contributed by atoms with Crippen LogP contribution in [0.15, 0.2) is 74.7 Å². The van der Waals surface area contributed by atoms with E-state index in [1.807, 2.05) is 43.3 Å². The molecule has 3 heterocycles. The highest BCUT2D eigenvalue weighted by atomic mass is 32.2. The number of benzene rings is 2. The van der Waals surface area contributed by atoms with Gasteiger partial charge in [0.1, 0.15) is 5.69 Å². The molecule has 2 aromatic carbocycles. The van der Waals surface area contributed by atoms with Crippen molar-refractivity contribution in [2.45, 2.75) is 31.6 Å². The lowest BCUT2D eigenvalue weighted by molar-refractivity contribution is -0.120. The Morgan fingerprint density at radius 2 is 1.68 bits per heavy atom. The van der Waals surface area contributed by atoms with Crippen LogP contribution in [-0.2, 0) is 14.8 Å². The highest BCUT2D eigenvalue weighted by molar-refractivity contribution is 7.89. The Kier molecular flexibility index (Phi) is 7.26. The first-order chi connectivity index (χ1) is 18.3. The fourth-order valence-corrected chi connectivity index (χ4v) is 6.18. The summed E-state index contributed by atoms with van der Waals surface area (Å²) in [6.45, 7) is 4.09. The maximum Gasteiger partial charge on any atom is 0.248 e. The summed E-state index contributed by atoms with van der Waals surface area (Å²) in [5.74, 6) is 0.419. The monoisotopic (exact) mass is 532 g/mol. The molecule has 2 aromatic heterocycles. The quantitative estimate of drug-likeness (QED) is 0.349. The largest absolute Gasteiger partial charge is 0.356 e. The van der Waals surface area contributed by atoms with E-state index in [0.29, 0.717) is 30.0 Å². The molecule has 1 N–H and O–H groups in total. The van der Waals surface area contributed by atoms with Gasteiger partial charge >= 0.3 is 0 Å². The third kappa shape index (κ3) is 5.46. The van der Waals surface area contributed by atoms with E-state index in [0.717, 1.165) is 16.7 Å². The molecule has 5 rings (SSSR count). The van der Waals surface area contributed by atoms with Crippen LogP contribution in [-0.4, -0.2) is 42.0 Å². The molecule has 0 atom stereocenters. The molecule has 0 saturated carbocycles. The van der Waals surface area contributed by atoms with Gasteiger partial charge in [0.05, 0.1) is 6.20 Å². The number of anilines is 1. The first-order valence-electron chi connectivity index (χ1n) is 12.3. The molecule has 0 radical (unpaired) electrons. The van der Waals surface area contributed by atoms with Gasteiger partial charge in [-0.1, -0.05) is 46.2 Å². The first-order valence-corrected chi connectivity index (χ1v) is 13.8. The smallest absolute Gasteiger partial charge is 0.248 e. The van der Waals surface area contributed by atoms with E-state index in [-0.39, 0.29) is 35.6 Å². The molecule has 0 bridgehead atoms. The minimum atomic E-state index is -3.85. The predicted octanol–water partition coefficient (Wildman–Crippen LogP) is 5.16. The highest BCUT2D eigenvalue weighted by Crippen LogP contribution is 2.30. The molecule has 196 valence electrons. The molecule has 4 aromatic rings. The number of piperidine rings is 1. The minimum absolute atomic E-state index is 0.0654. The summed E-state index contributed by atoms with van der Waals surface area (Å²) in [5, 5.41) is 10.5. The summed E-state index contributed by atoms with van der Waals surface area (Å²) in [7, 11) is -3.85. The number of nitrogens with one attached hydrogen (secondary N) is 1. The second kappa shape index (κ2) is 10.8. The second-order valence-corrected chi connectivity index (χ2v) is 11.2. The third-order valence-corrected chi connectivity index (χ3v) is 8.69. The SMILES string of the molecule is Cc1ccc(C=Cc2onc(C)c2S(=O)(=O)N2CCC(C(=O)Nc3ccc(-c4ccno4)cc3)CC2)cc1. The minimum Gasteiger partial charge on any atom is -0.356 e. The zero-order valence-corrected chi connectivity index (χ0v) is 21.9. The van der Waals surface area contributed by atoms with Gasteiger partial charge < -0.3 is 14.4 Å². The number of aryl methyl sites for hydroxylation is 2. The van der Waals surface area contributed by atoms with Gasteiger partial charge in [-0.2, -0.15) is 4.31 Å². The van der Waals surface area contributed by atoms with Crippen LogP contribution in [0.5, 0.6) is 0 Å². The summed E-state index contributed by atoms with van der Waals surface area (Å²) < 4.78 is 39.0. The van der Waals surface area contributed by atoms with Crippen molar-refractivity contribution in [3.63, 3.8) is 0 Å². The van der Waals surface area contributed by atoms with Crippen LogP contribution >= 0.6 is 0 Å². The molecule has 1 aliphatic heterocycles. The number of amides is 1. The van der Waals surface area contributed by atoms with Crippen LogP contribution in [0.3, 0.4) is 0 Å². The lowest BCUT2D eigenvalue weighted by atomic mass is 9.97. The number of rotatable bonds is 7. The van der Waals surface area contributed by atoms with Gasteiger partial charge in [0.15, 0.2) is 16.4 Å². The van der Waals surface area contributed by atoms with Crippen molar-refractivity contribution in [3.8, 4) is 11.3 Å². The van der Waals surface area contributed by atoms with Crippen LogP contribution in [0.1, 0.15) is 35.4 Å². The summed E-state index contributed by atoms with van der Waals surface area (Å²) >= 11 is 0. The molecule has 0 aliphatic carbocycles. The van der Waals surface area contributed by atoms with Gasteiger partial charge in [-0.05, 0) is 62.6 Å². The Balaban J connectivity index is 1.22. The van der Waals surface area contributed by atoms with Crippen LogP contribution in [0.25, 0.3) is 23.5 Å².